The van der Waals surface area contributed by atoms with Crippen LogP contribution in [-0.2, 0) is 4.74 Å². The number of aromatic amines is 1. The summed E-state index contributed by atoms with van der Waals surface area (Å²) in [7, 11) is 0. The zero-order chi connectivity index (χ0) is 27.0. The fourth-order valence-corrected chi connectivity index (χ4v) is 4.73. The maximum Gasteiger partial charge on any atom is 0.411 e. The smallest absolute Gasteiger partial charge is 0.411 e. The molecule has 2 amide bonds. The highest BCUT2D eigenvalue weighted by Gasteiger charge is 2.19. The number of nitrogens with one attached hydrogen (secondary N) is 3. The highest BCUT2D eigenvalue weighted by Crippen LogP contribution is 2.25. The topological polar surface area (TPSA) is 98.9 Å². The Balaban J connectivity index is 1.08. The highest BCUT2D eigenvalue weighted by atomic mass is 16.5. The number of hydrogen-bond acceptors (Lipinski definition) is 6. The van der Waals surface area contributed by atoms with E-state index >= 15 is 0 Å². The summed E-state index contributed by atoms with van der Waals surface area (Å²) in [5.41, 5.74) is 3.98. The average molecular weight is 528 g/mol. The van der Waals surface area contributed by atoms with Crippen LogP contribution in [0.3, 0.4) is 0 Å². The van der Waals surface area contributed by atoms with E-state index in [2.05, 4.69) is 31.5 Å². The summed E-state index contributed by atoms with van der Waals surface area (Å²) in [6.07, 6.45) is 1.25. The van der Waals surface area contributed by atoms with Crippen LogP contribution in [0.15, 0.2) is 79.0 Å². The Morgan fingerprint density at radius 2 is 1.72 bits per heavy atom. The molecule has 0 atom stereocenters. The van der Waals surface area contributed by atoms with Gasteiger partial charge in [0.2, 0.25) is 0 Å². The van der Waals surface area contributed by atoms with Gasteiger partial charge in [-0.2, -0.15) is 0 Å². The van der Waals surface area contributed by atoms with E-state index in [1.807, 2.05) is 67.6 Å². The van der Waals surface area contributed by atoms with Crippen molar-refractivity contribution >= 4 is 40.0 Å². The Morgan fingerprint density at radius 3 is 2.56 bits per heavy atom. The number of hydrogen-bond donors (Lipinski definition) is 3. The van der Waals surface area contributed by atoms with Gasteiger partial charge in [0.25, 0.3) is 5.91 Å². The monoisotopic (exact) mass is 527 g/mol. The molecule has 3 aromatic carbocycles. The summed E-state index contributed by atoms with van der Waals surface area (Å²) in [5.74, 6) is 0.481. The maximum atomic E-state index is 12.9. The molecule has 39 heavy (non-hydrogen) atoms. The summed E-state index contributed by atoms with van der Waals surface area (Å²) in [5, 5.41) is 6.69. The van der Waals surface area contributed by atoms with Crippen LogP contribution in [0.5, 0.6) is 5.75 Å². The molecule has 4 aromatic rings. The first kappa shape index (κ1) is 26.1. The van der Waals surface area contributed by atoms with Gasteiger partial charge in [0.1, 0.15) is 12.4 Å². The lowest BCUT2D eigenvalue weighted by molar-refractivity contribution is 0.102. The number of para-hydroxylation sites is 3. The van der Waals surface area contributed by atoms with Crippen molar-refractivity contribution in [3.63, 3.8) is 0 Å². The van der Waals surface area contributed by atoms with E-state index in [1.165, 1.54) is 0 Å². The van der Waals surface area contributed by atoms with Gasteiger partial charge < -0.3 is 24.7 Å². The Kier molecular flexibility index (Phi) is 8.28. The van der Waals surface area contributed by atoms with Crippen molar-refractivity contribution in [2.75, 3.05) is 61.5 Å². The molecule has 0 saturated carbocycles. The van der Waals surface area contributed by atoms with Crippen molar-refractivity contribution in [2.45, 2.75) is 6.92 Å². The van der Waals surface area contributed by atoms with Crippen molar-refractivity contribution < 1.29 is 19.1 Å². The second-order valence-corrected chi connectivity index (χ2v) is 9.27. The molecular formula is C30H33N5O4. The minimum atomic E-state index is -0.493. The molecule has 0 spiro atoms. The van der Waals surface area contributed by atoms with E-state index in [4.69, 9.17) is 9.47 Å². The lowest BCUT2D eigenvalue weighted by Gasteiger charge is -2.36. The molecule has 1 aliphatic heterocycles. The number of piperazine rings is 1. The summed E-state index contributed by atoms with van der Waals surface area (Å²) >= 11 is 0. The van der Waals surface area contributed by atoms with Gasteiger partial charge in [-0.25, -0.2) is 4.79 Å². The molecule has 5 rings (SSSR count). The molecule has 1 aromatic heterocycles. The first-order valence-electron chi connectivity index (χ1n) is 13.2. The number of carbonyl (C=O) groups excluding carboxylic acids is 2. The molecule has 3 N–H and O–H groups in total. The molecule has 0 aliphatic carbocycles. The highest BCUT2D eigenvalue weighted by molar-refractivity contribution is 6.12. The first-order chi connectivity index (χ1) is 19.1. The number of benzene rings is 3. The van der Waals surface area contributed by atoms with E-state index in [1.54, 1.807) is 12.3 Å². The number of aromatic nitrogens is 1. The number of ether oxygens (including phenoxy) is 2. The van der Waals surface area contributed by atoms with Crippen LogP contribution >= 0.6 is 0 Å². The van der Waals surface area contributed by atoms with Gasteiger partial charge in [0.05, 0.1) is 17.9 Å². The fraction of sp³-hybridized carbons (Fsp3) is 0.267. The van der Waals surface area contributed by atoms with Crippen LogP contribution in [0.1, 0.15) is 17.3 Å². The molecule has 2 heterocycles. The Labute approximate surface area is 227 Å². The normalized spacial score (nSPS) is 13.7. The Hall–Kier alpha value is -4.50. The largest absolute Gasteiger partial charge is 0.492 e. The second-order valence-electron chi connectivity index (χ2n) is 9.27. The van der Waals surface area contributed by atoms with Gasteiger partial charge in [-0.3, -0.25) is 15.0 Å². The van der Waals surface area contributed by atoms with Gasteiger partial charge in [0.15, 0.2) is 0 Å². The van der Waals surface area contributed by atoms with Crippen molar-refractivity contribution in [3.8, 4) is 5.75 Å². The van der Waals surface area contributed by atoms with E-state index in [0.717, 1.165) is 48.5 Å². The number of anilines is 3. The maximum absolute atomic E-state index is 12.9. The van der Waals surface area contributed by atoms with Crippen LogP contribution in [0.4, 0.5) is 21.9 Å². The van der Waals surface area contributed by atoms with Gasteiger partial charge >= 0.3 is 6.09 Å². The van der Waals surface area contributed by atoms with Crippen molar-refractivity contribution in [2.24, 2.45) is 0 Å². The lowest BCUT2D eigenvalue weighted by atomic mass is 10.1. The summed E-state index contributed by atoms with van der Waals surface area (Å²) in [6.45, 7) is 6.77. The third-order valence-corrected chi connectivity index (χ3v) is 6.74. The number of nitrogens with zero attached hydrogens (tertiary/aromatic N) is 2. The number of carbonyl (C=O) groups is 2. The summed E-state index contributed by atoms with van der Waals surface area (Å²) in [6, 6.07) is 23.0. The minimum Gasteiger partial charge on any atom is -0.492 e. The SMILES string of the molecule is CCOc1ccccc1NC(=O)OCCN1CCN(c2cccc(NC(=O)c3c[nH]c4ccccc34)c2)CC1. The van der Waals surface area contributed by atoms with Gasteiger partial charge in [-0.15, -0.1) is 0 Å². The molecule has 9 nitrogen and oxygen atoms in total. The van der Waals surface area contributed by atoms with Crippen LogP contribution in [0.2, 0.25) is 0 Å². The third kappa shape index (κ3) is 6.50. The number of rotatable bonds is 9. The average Bonchev–Trinajstić information content (AvgIpc) is 3.39. The van der Waals surface area contributed by atoms with Crippen molar-refractivity contribution in [3.05, 3.63) is 84.6 Å². The minimum absolute atomic E-state index is 0.139. The number of H-pyrrole nitrogens is 1. The van der Waals surface area contributed by atoms with E-state index in [9.17, 15) is 9.59 Å². The predicted molar refractivity (Wildman–Crippen MR) is 154 cm³/mol. The zero-order valence-electron chi connectivity index (χ0n) is 22.0. The standard InChI is InChI=1S/C30H33N5O4/c1-2-38-28-13-6-5-12-27(28)33-30(37)39-19-18-34-14-16-35(17-15-34)23-9-7-8-22(20-23)32-29(36)25-21-31-26-11-4-3-10-24(25)26/h3-13,20-21,31H,2,14-19H2,1H3,(H,32,36)(H,33,37). The fourth-order valence-electron chi connectivity index (χ4n) is 4.73. The quantitative estimate of drug-likeness (QED) is 0.277. The van der Waals surface area contributed by atoms with Crippen LogP contribution < -0.4 is 20.3 Å². The Bertz CT molecular complexity index is 1430. The van der Waals surface area contributed by atoms with E-state index in [-0.39, 0.29) is 5.91 Å². The van der Waals surface area contributed by atoms with Crippen LogP contribution in [0, 0.1) is 0 Å². The molecule has 1 fully saturated rings. The molecule has 1 saturated heterocycles. The van der Waals surface area contributed by atoms with E-state index in [0.29, 0.717) is 36.8 Å². The first-order valence-corrected chi connectivity index (χ1v) is 13.2. The molecule has 9 heteroatoms. The molecular weight excluding hydrogens is 494 g/mol. The number of amides is 2. The van der Waals surface area contributed by atoms with Gasteiger partial charge in [0, 0.05) is 61.2 Å². The van der Waals surface area contributed by atoms with Crippen LogP contribution in [0.25, 0.3) is 10.9 Å². The zero-order valence-corrected chi connectivity index (χ0v) is 22.0. The lowest BCUT2D eigenvalue weighted by Crippen LogP contribution is -2.47. The molecule has 0 radical (unpaired) electrons. The predicted octanol–water partition coefficient (Wildman–Crippen LogP) is 5.19. The molecule has 202 valence electrons. The summed E-state index contributed by atoms with van der Waals surface area (Å²) < 4.78 is 10.9. The van der Waals surface area contributed by atoms with Gasteiger partial charge in [-0.1, -0.05) is 36.4 Å². The molecule has 0 unspecified atom stereocenters. The van der Waals surface area contributed by atoms with Crippen LogP contribution in [-0.4, -0.2) is 67.8 Å². The Morgan fingerprint density at radius 1 is 0.923 bits per heavy atom. The van der Waals surface area contributed by atoms with Crippen molar-refractivity contribution in [1.29, 1.82) is 0 Å². The van der Waals surface area contributed by atoms with E-state index < -0.39 is 6.09 Å². The number of fused-ring (bicyclic) bond motifs is 1. The van der Waals surface area contributed by atoms with Gasteiger partial charge in [-0.05, 0) is 43.3 Å². The molecule has 1 aliphatic rings. The summed E-state index contributed by atoms with van der Waals surface area (Å²) in [4.78, 5) is 32.9. The molecule has 0 bridgehead atoms. The third-order valence-electron chi connectivity index (χ3n) is 6.74. The van der Waals surface area contributed by atoms with Crippen molar-refractivity contribution in [1.82, 2.24) is 9.88 Å². The second kappa shape index (κ2) is 12.4.